The van der Waals surface area contributed by atoms with Gasteiger partial charge in [-0.05, 0) is 24.6 Å². The summed E-state index contributed by atoms with van der Waals surface area (Å²) in [6.45, 7) is 1.94. The van der Waals surface area contributed by atoms with Gasteiger partial charge in [-0.25, -0.2) is 0 Å². The molecular weight excluding hydrogens is 329 g/mol. The van der Waals surface area contributed by atoms with Gasteiger partial charge >= 0.3 is 0 Å². The number of benzene rings is 1. The number of aryl methyl sites for hydroxylation is 2. The van der Waals surface area contributed by atoms with Gasteiger partial charge < -0.3 is 5.32 Å². The van der Waals surface area contributed by atoms with E-state index in [0.717, 1.165) is 22.6 Å². The van der Waals surface area contributed by atoms with Crippen LogP contribution in [0.25, 0.3) is 0 Å². The van der Waals surface area contributed by atoms with Gasteiger partial charge in [0.2, 0.25) is 5.91 Å². The van der Waals surface area contributed by atoms with E-state index in [0.29, 0.717) is 15.8 Å². The smallest absolute Gasteiger partial charge is 0.235 e. The van der Waals surface area contributed by atoms with Crippen LogP contribution in [0.5, 0.6) is 0 Å². The van der Waals surface area contributed by atoms with E-state index in [4.69, 9.17) is 23.2 Å². The molecule has 0 radical (unpaired) electrons. The maximum absolute atomic E-state index is 11.9. The molecule has 0 saturated carbocycles. The first kappa shape index (κ1) is 14.8. The fourth-order valence-electron chi connectivity index (χ4n) is 2.51. The van der Waals surface area contributed by atoms with Gasteiger partial charge in [-0.3, -0.25) is 9.48 Å². The summed E-state index contributed by atoms with van der Waals surface area (Å²) in [4.78, 5) is 11.9. The van der Waals surface area contributed by atoms with Crippen molar-refractivity contribution in [3.63, 3.8) is 0 Å². The van der Waals surface area contributed by atoms with Crippen molar-refractivity contribution < 1.29 is 4.79 Å². The van der Waals surface area contributed by atoms with Crippen molar-refractivity contribution in [1.29, 1.82) is 0 Å². The highest BCUT2D eigenvalue weighted by Gasteiger charge is 2.30. The lowest BCUT2D eigenvalue weighted by atomic mass is 10.0. The van der Waals surface area contributed by atoms with E-state index >= 15 is 0 Å². The number of halogens is 2. The molecule has 3 rings (SSSR count). The summed E-state index contributed by atoms with van der Waals surface area (Å²) in [6, 6.07) is 5.45. The van der Waals surface area contributed by atoms with Crippen molar-refractivity contribution in [1.82, 2.24) is 9.78 Å². The second kappa shape index (κ2) is 5.55. The van der Waals surface area contributed by atoms with Crippen molar-refractivity contribution >= 4 is 46.7 Å². The summed E-state index contributed by atoms with van der Waals surface area (Å²) < 4.78 is 1.70. The number of hydrogen-bond acceptors (Lipinski definition) is 3. The molecule has 0 fully saturated rings. The molecule has 4 nitrogen and oxygen atoms in total. The summed E-state index contributed by atoms with van der Waals surface area (Å²) in [5.41, 5.74) is 2.83. The third-order valence-electron chi connectivity index (χ3n) is 3.41. The maximum Gasteiger partial charge on any atom is 0.235 e. The first-order chi connectivity index (χ1) is 9.97. The molecular formula is C14H13Cl2N3OS. The highest BCUT2D eigenvalue weighted by atomic mass is 35.5. The third kappa shape index (κ3) is 2.65. The van der Waals surface area contributed by atoms with Crippen LogP contribution in [0.4, 0.5) is 5.82 Å². The van der Waals surface area contributed by atoms with E-state index in [-0.39, 0.29) is 11.2 Å². The Bertz CT molecular complexity index is 729. The molecule has 0 spiro atoms. The SMILES string of the molecule is Cc1nn(C)c2c1C(c1ccc(Cl)cc1Cl)SCC(=O)N2. The number of rotatable bonds is 1. The first-order valence-electron chi connectivity index (χ1n) is 6.37. The minimum absolute atomic E-state index is 0.0307. The van der Waals surface area contributed by atoms with Crippen LogP contribution in [0.15, 0.2) is 18.2 Å². The fourth-order valence-corrected chi connectivity index (χ4v) is 4.31. The Morgan fingerprint density at radius 1 is 1.43 bits per heavy atom. The van der Waals surface area contributed by atoms with Gasteiger partial charge in [0.1, 0.15) is 5.82 Å². The number of amides is 1. The number of nitrogens with zero attached hydrogens (tertiary/aromatic N) is 2. The highest BCUT2D eigenvalue weighted by molar-refractivity contribution is 8.00. The minimum Gasteiger partial charge on any atom is -0.310 e. The Labute approximate surface area is 136 Å². The second-order valence-electron chi connectivity index (χ2n) is 4.88. The zero-order chi connectivity index (χ0) is 15.1. The lowest BCUT2D eigenvalue weighted by molar-refractivity contribution is -0.113. The molecule has 21 heavy (non-hydrogen) atoms. The normalized spacial score (nSPS) is 18.1. The number of fused-ring (bicyclic) bond motifs is 1. The molecule has 0 aliphatic carbocycles. The predicted molar refractivity (Wildman–Crippen MR) is 87.3 cm³/mol. The van der Waals surface area contributed by atoms with Gasteiger partial charge in [0.05, 0.1) is 16.7 Å². The highest BCUT2D eigenvalue weighted by Crippen LogP contribution is 2.45. The van der Waals surface area contributed by atoms with Crippen LogP contribution < -0.4 is 5.32 Å². The van der Waals surface area contributed by atoms with Gasteiger partial charge in [-0.15, -0.1) is 11.8 Å². The van der Waals surface area contributed by atoms with Crippen LogP contribution >= 0.6 is 35.0 Å². The molecule has 1 aliphatic heterocycles. The summed E-state index contributed by atoms with van der Waals surface area (Å²) in [5, 5.41) is 8.48. The van der Waals surface area contributed by atoms with Crippen LogP contribution in [0.1, 0.15) is 22.1 Å². The van der Waals surface area contributed by atoms with E-state index in [1.54, 1.807) is 22.5 Å². The molecule has 0 bridgehead atoms. The van der Waals surface area contributed by atoms with Gasteiger partial charge in [0.15, 0.2) is 0 Å². The molecule has 1 aromatic heterocycles. The molecule has 1 atom stereocenters. The lowest BCUT2D eigenvalue weighted by Gasteiger charge is -2.16. The maximum atomic E-state index is 11.9. The molecule has 110 valence electrons. The topological polar surface area (TPSA) is 46.9 Å². The van der Waals surface area contributed by atoms with Crippen molar-refractivity contribution in [2.75, 3.05) is 11.1 Å². The average Bonchev–Trinajstić information content (AvgIpc) is 2.59. The van der Waals surface area contributed by atoms with Crippen molar-refractivity contribution in [3.8, 4) is 0 Å². The Morgan fingerprint density at radius 3 is 2.90 bits per heavy atom. The Balaban J connectivity index is 2.17. The number of carbonyl (C=O) groups excluding carboxylic acids is 1. The summed E-state index contributed by atoms with van der Waals surface area (Å²) in [5.74, 6) is 1.08. The van der Waals surface area contributed by atoms with Gasteiger partial charge in [0.25, 0.3) is 0 Å². The lowest BCUT2D eigenvalue weighted by Crippen LogP contribution is -2.15. The van der Waals surface area contributed by atoms with E-state index in [1.807, 2.05) is 26.1 Å². The van der Waals surface area contributed by atoms with E-state index in [2.05, 4.69) is 10.4 Å². The largest absolute Gasteiger partial charge is 0.310 e. The fraction of sp³-hybridized carbons (Fsp3) is 0.286. The molecule has 2 heterocycles. The Hall–Kier alpha value is -1.17. The van der Waals surface area contributed by atoms with E-state index in [9.17, 15) is 4.79 Å². The monoisotopic (exact) mass is 341 g/mol. The van der Waals surface area contributed by atoms with E-state index in [1.165, 1.54) is 0 Å². The summed E-state index contributed by atoms with van der Waals surface area (Å²) >= 11 is 13.9. The molecule has 1 aromatic carbocycles. The number of carbonyl (C=O) groups is 1. The molecule has 1 unspecified atom stereocenters. The zero-order valence-corrected chi connectivity index (χ0v) is 13.8. The summed E-state index contributed by atoms with van der Waals surface area (Å²) in [6.07, 6.45) is 0. The molecule has 1 aliphatic rings. The minimum atomic E-state index is -0.0441. The molecule has 1 N–H and O–H groups in total. The van der Waals surface area contributed by atoms with Crippen LogP contribution in [-0.4, -0.2) is 21.4 Å². The second-order valence-corrected chi connectivity index (χ2v) is 6.81. The van der Waals surface area contributed by atoms with Crippen molar-refractivity contribution in [2.45, 2.75) is 12.2 Å². The van der Waals surface area contributed by atoms with Crippen LogP contribution in [-0.2, 0) is 11.8 Å². The number of nitrogens with one attached hydrogen (secondary N) is 1. The van der Waals surface area contributed by atoms with Crippen molar-refractivity contribution in [2.24, 2.45) is 7.05 Å². The van der Waals surface area contributed by atoms with Gasteiger partial charge in [-0.1, -0.05) is 29.3 Å². The molecule has 2 aromatic rings. The third-order valence-corrected chi connectivity index (χ3v) is 5.23. The molecule has 1 amide bonds. The molecule has 0 saturated heterocycles. The van der Waals surface area contributed by atoms with Gasteiger partial charge in [-0.2, -0.15) is 5.10 Å². The van der Waals surface area contributed by atoms with Crippen LogP contribution in [0.2, 0.25) is 10.0 Å². The van der Waals surface area contributed by atoms with Crippen LogP contribution in [0.3, 0.4) is 0 Å². The van der Waals surface area contributed by atoms with Gasteiger partial charge in [0, 0.05) is 22.7 Å². The quantitative estimate of drug-likeness (QED) is 0.857. The Kier molecular flexibility index (Phi) is 3.90. The summed E-state index contributed by atoms with van der Waals surface area (Å²) in [7, 11) is 1.82. The Morgan fingerprint density at radius 2 is 2.19 bits per heavy atom. The zero-order valence-electron chi connectivity index (χ0n) is 11.5. The van der Waals surface area contributed by atoms with Crippen molar-refractivity contribution in [3.05, 3.63) is 45.1 Å². The number of aromatic nitrogens is 2. The number of hydrogen-bond donors (Lipinski definition) is 1. The van der Waals surface area contributed by atoms with Crippen LogP contribution in [0, 0.1) is 6.92 Å². The first-order valence-corrected chi connectivity index (χ1v) is 8.17. The van der Waals surface area contributed by atoms with E-state index < -0.39 is 0 Å². The number of thioether (sulfide) groups is 1. The molecule has 7 heteroatoms. The standard InChI is InChI=1S/C14H13Cl2N3OS/c1-7-12-13(9-4-3-8(15)5-10(9)16)21-6-11(20)17-14(12)19(2)18-7/h3-5,13H,6H2,1-2H3,(H,17,20). The predicted octanol–water partition coefficient (Wildman–Crippen LogP) is 3.81. The number of anilines is 1. The average molecular weight is 342 g/mol.